The van der Waals surface area contributed by atoms with Crippen molar-refractivity contribution in [2.45, 2.75) is 19.8 Å². The zero-order valence-electron chi connectivity index (χ0n) is 18.1. The van der Waals surface area contributed by atoms with Crippen molar-refractivity contribution < 1.29 is 13.9 Å². The normalized spacial score (nSPS) is 16.3. The fourth-order valence-electron chi connectivity index (χ4n) is 4.15. The van der Waals surface area contributed by atoms with Crippen molar-refractivity contribution in [2.24, 2.45) is 5.92 Å². The molecule has 170 valence electrons. The molecule has 0 bridgehead atoms. The molecule has 2 N–H and O–H groups in total. The fraction of sp³-hybridized carbons (Fsp3) is 0.304. The number of nitrogens with zero attached hydrogens (tertiary/aromatic N) is 5. The van der Waals surface area contributed by atoms with E-state index in [0.29, 0.717) is 47.3 Å². The number of aromatic nitrogens is 4. The third kappa shape index (κ3) is 4.02. The first-order valence-corrected chi connectivity index (χ1v) is 11.7. The predicted molar refractivity (Wildman–Crippen MR) is 126 cm³/mol. The van der Waals surface area contributed by atoms with Crippen LogP contribution in [0.15, 0.2) is 41.8 Å². The van der Waals surface area contributed by atoms with Crippen LogP contribution < -0.4 is 10.6 Å². The Kier molecular flexibility index (Phi) is 5.67. The van der Waals surface area contributed by atoms with E-state index in [9.17, 15) is 9.18 Å². The Morgan fingerprint density at radius 1 is 1.30 bits per heavy atom. The fourth-order valence-corrected chi connectivity index (χ4v) is 4.87. The minimum atomic E-state index is -0.380. The molecule has 3 aromatic heterocycles. The quantitative estimate of drug-likeness (QED) is 0.443. The first kappa shape index (κ1) is 21.3. The predicted octanol–water partition coefficient (Wildman–Crippen LogP) is 4.04. The van der Waals surface area contributed by atoms with Gasteiger partial charge in [0.05, 0.1) is 34.2 Å². The van der Waals surface area contributed by atoms with Crippen LogP contribution in [0.2, 0.25) is 0 Å². The van der Waals surface area contributed by atoms with Gasteiger partial charge in [-0.3, -0.25) is 4.79 Å². The summed E-state index contributed by atoms with van der Waals surface area (Å²) in [6.07, 6.45) is 1.61. The summed E-state index contributed by atoms with van der Waals surface area (Å²) in [6.45, 7) is 3.37. The maximum atomic E-state index is 13.9. The number of nitrogens with two attached hydrogens (primary N) is 1. The van der Waals surface area contributed by atoms with Gasteiger partial charge in [-0.1, -0.05) is 12.1 Å². The molecule has 1 fully saturated rings. The molecular weight excluding hydrogens is 443 g/mol. The van der Waals surface area contributed by atoms with E-state index in [1.54, 1.807) is 12.1 Å². The molecule has 10 heteroatoms. The molecule has 0 saturated carbocycles. The van der Waals surface area contributed by atoms with E-state index >= 15 is 0 Å². The summed E-state index contributed by atoms with van der Waals surface area (Å²) in [4.78, 5) is 24.8. The zero-order valence-corrected chi connectivity index (χ0v) is 18.9. The van der Waals surface area contributed by atoms with Crippen molar-refractivity contribution in [3.63, 3.8) is 0 Å². The van der Waals surface area contributed by atoms with Crippen LogP contribution in [0.3, 0.4) is 0 Å². The van der Waals surface area contributed by atoms with Crippen LogP contribution in [0.5, 0.6) is 0 Å². The van der Waals surface area contributed by atoms with Crippen LogP contribution in [0.4, 0.5) is 16.2 Å². The Hall–Kier alpha value is -3.53. The van der Waals surface area contributed by atoms with Crippen LogP contribution >= 0.6 is 11.3 Å². The number of rotatable bonds is 5. The number of carbonyl (C=O) groups excluding carboxylic acids is 1. The van der Waals surface area contributed by atoms with Crippen LogP contribution in [-0.2, 0) is 9.53 Å². The molecule has 1 aliphatic heterocycles. The van der Waals surface area contributed by atoms with Gasteiger partial charge in [0.1, 0.15) is 11.6 Å². The molecule has 33 heavy (non-hydrogen) atoms. The van der Waals surface area contributed by atoms with Gasteiger partial charge in [-0.2, -0.15) is 4.98 Å². The lowest BCUT2D eigenvalue weighted by Crippen LogP contribution is -2.40. The number of thiophene rings is 1. The number of anilines is 2. The SMILES string of the molecule is CCOC(=O)C1CCCN(c2nc(-c3cccs3)c3c(N)n(-c4cccc(F)c4)nc3n2)C1. The highest BCUT2D eigenvalue weighted by Gasteiger charge is 2.29. The number of piperidine rings is 1. The van der Waals surface area contributed by atoms with Gasteiger partial charge in [0, 0.05) is 13.1 Å². The number of hydrogen-bond donors (Lipinski definition) is 1. The van der Waals surface area contributed by atoms with Gasteiger partial charge < -0.3 is 15.4 Å². The zero-order chi connectivity index (χ0) is 22.9. The number of ether oxygens (including phenoxy) is 1. The summed E-state index contributed by atoms with van der Waals surface area (Å²) in [7, 11) is 0. The van der Waals surface area contributed by atoms with Crippen LogP contribution in [-0.4, -0.2) is 45.4 Å². The molecule has 4 aromatic rings. The number of fused-ring (bicyclic) bond motifs is 1. The van der Waals surface area contributed by atoms with Gasteiger partial charge in [-0.25, -0.2) is 14.1 Å². The number of hydrogen-bond acceptors (Lipinski definition) is 8. The highest BCUT2D eigenvalue weighted by Crippen LogP contribution is 2.36. The summed E-state index contributed by atoms with van der Waals surface area (Å²) in [5.74, 6) is 0.0342. The van der Waals surface area contributed by atoms with Gasteiger partial charge in [0.2, 0.25) is 5.95 Å². The van der Waals surface area contributed by atoms with Crippen LogP contribution in [0.1, 0.15) is 19.8 Å². The number of carbonyl (C=O) groups is 1. The maximum Gasteiger partial charge on any atom is 0.310 e. The summed E-state index contributed by atoms with van der Waals surface area (Å²) < 4.78 is 20.6. The monoisotopic (exact) mass is 466 g/mol. The summed E-state index contributed by atoms with van der Waals surface area (Å²) in [6, 6.07) is 9.99. The topological polar surface area (TPSA) is 99.2 Å². The molecule has 1 unspecified atom stereocenters. The number of esters is 1. The lowest BCUT2D eigenvalue weighted by Gasteiger charge is -2.31. The summed E-state index contributed by atoms with van der Waals surface area (Å²) in [5, 5.41) is 7.17. The first-order valence-electron chi connectivity index (χ1n) is 10.8. The molecule has 0 amide bonds. The number of halogens is 1. The molecule has 5 rings (SSSR count). The molecular formula is C23H23FN6O2S. The molecule has 0 radical (unpaired) electrons. The number of benzene rings is 1. The summed E-state index contributed by atoms with van der Waals surface area (Å²) in [5.41, 5.74) is 8.07. The molecule has 1 aromatic carbocycles. The Labute approximate surface area is 193 Å². The third-order valence-electron chi connectivity index (χ3n) is 5.69. The largest absolute Gasteiger partial charge is 0.466 e. The average molecular weight is 467 g/mol. The maximum absolute atomic E-state index is 13.9. The molecule has 8 nitrogen and oxygen atoms in total. The second-order valence-electron chi connectivity index (χ2n) is 7.86. The Balaban J connectivity index is 1.62. The van der Waals surface area contributed by atoms with Gasteiger partial charge in [0.15, 0.2) is 5.65 Å². The second-order valence-corrected chi connectivity index (χ2v) is 8.81. The van der Waals surface area contributed by atoms with E-state index in [0.717, 1.165) is 24.3 Å². The Morgan fingerprint density at radius 3 is 2.94 bits per heavy atom. The van der Waals surface area contributed by atoms with Crippen molar-refractivity contribution in [1.82, 2.24) is 19.7 Å². The molecule has 4 heterocycles. The van der Waals surface area contributed by atoms with Gasteiger partial charge >= 0.3 is 5.97 Å². The Morgan fingerprint density at radius 2 is 2.18 bits per heavy atom. The molecule has 1 atom stereocenters. The summed E-state index contributed by atoms with van der Waals surface area (Å²) >= 11 is 1.54. The average Bonchev–Trinajstić information content (AvgIpc) is 3.47. The highest BCUT2D eigenvalue weighted by molar-refractivity contribution is 7.13. The van der Waals surface area contributed by atoms with Crippen molar-refractivity contribution >= 4 is 40.1 Å². The minimum absolute atomic E-state index is 0.193. The minimum Gasteiger partial charge on any atom is -0.466 e. The first-order chi connectivity index (χ1) is 16.0. The molecule has 0 aliphatic carbocycles. The lowest BCUT2D eigenvalue weighted by atomic mass is 9.98. The lowest BCUT2D eigenvalue weighted by molar-refractivity contribution is -0.148. The van der Waals surface area contributed by atoms with E-state index in [4.69, 9.17) is 20.4 Å². The smallest absolute Gasteiger partial charge is 0.310 e. The van der Waals surface area contributed by atoms with Crippen molar-refractivity contribution in [2.75, 3.05) is 30.3 Å². The van der Waals surface area contributed by atoms with Gasteiger partial charge in [-0.05, 0) is 49.4 Å². The van der Waals surface area contributed by atoms with Gasteiger partial charge in [-0.15, -0.1) is 16.4 Å². The van der Waals surface area contributed by atoms with Crippen molar-refractivity contribution in [3.05, 3.63) is 47.6 Å². The van der Waals surface area contributed by atoms with Crippen LogP contribution in [0, 0.1) is 11.7 Å². The van der Waals surface area contributed by atoms with E-state index in [-0.39, 0.29) is 17.7 Å². The van der Waals surface area contributed by atoms with E-state index in [1.807, 2.05) is 29.3 Å². The second kappa shape index (κ2) is 8.78. The number of nitrogen functional groups attached to an aromatic ring is 1. The Bertz CT molecular complexity index is 1310. The molecule has 1 aliphatic rings. The molecule has 1 saturated heterocycles. The van der Waals surface area contributed by atoms with Crippen LogP contribution in [0.25, 0.3) is 27.3 Å². The van der Waals surface area contributed by atoms with E-state index in [1.165, 1.54) is 28.2 Å². The van der Waals surface area contributed by atoms with E-state index in [2.05, 4.69) is 5.10 Å². The standard InChI is InChI=1S/C23H23FN6O2S/c1-2-32-22(31)14-6-4-10-29(13-14)23-26-19(17-9-5-11-33-17)18-20(25)30(28-21(18)27-23)16-8-3-7-15(24)12-16/h3,5,7-9,11-12,14H,2,4,6,10,13,25H2,1H3. The van der Waals surface area contributed by atoms with E-state index < -0.39 is 0 Å². The van der Waals surface area contributed by atoms with Gasteiger partial charge in [0.25, 0.3) is 0 Å². The molecule has 0 spiro atoms. The van der Waals surface area contributed by atoms with Crippen molar-refractivity contribution in [1.29, 1.82) is 0 Å². The van der Waals surface area contributed by atoms with Crippen molar-refractivity contribution in [3.8, 4) is 16.3 Å². The highest BCUT2D eigenvalue weighted by atomic mass is 32.1. The third-order valence-corrected chi connectivity index (χ3v) is 6.57.